The van der Waals surface area contributed by atoms with Crippen LogP contribution in [0.3, 0.4) is 0 Å². The molecule has 0 fully saturated rings. The molecule has 10 heteroatoms. The number of para-hydroxylation sites is 1. The van der Waals surface area contributed by atoms with Crippen molar-refractivity contribution in [3.8, 4) is 5.75 Å². The number of nitrogens with one attached hydrogen (secondary N) is 3. The number of H-pyrrole nitrogens is 1. The normalized spacial score (nSPS) is 13.6. The van der Waals surface area contributed by atoms with Crippen LogP contribution in [0.25, 0.3) is 10.9 Å². The van der Waals surface area contributed by atoms with Crippen LogP contribution in [-0.2, 0) is 21.2 Å². The standard InChI is InChI=1S/C21H26N4O5S/c1-14(23-12-18(26)15-5-4-8-22-10-15)9-16-11-24-21-17(16)6-3-7-19(21)30-13-20(27)25-31(2,28)29/h3-8,10-11,14,18,23-24,26H,9,12-13H2,1-2H3,(H,25,27)/t14-,18-/m1/s1. The van der Waals surface area contributed by atoms with Gasteiger partial charge in [0.05, 0.1) is 17.9 Å². The lowest BCUT2D eigenvalue weighted by Gasteiger charge is -2.17. The SMILES string of the molecule is C[C@H](Cc1c[nH]c2c(OCC(=O)NS(C)(=O)=O)cccc12)NC[C@@H](O)c1cccnc1. The van der Waals surface area contributed by atoms with Crippen LogP contribution in [0, 0.1) is 0 Å². The van der Waals surface area contributed by atoms with Crippen LogP contribution in [0.15, 0.2) is 48.9 Å². The van der Waals surface area contributed by atoms with Gasteiger partial charge in [-0.05, 0) is 31.0 Å². The lowest BCUT2D eigenvalue weighted by Crippen LogP contribution is -2.33. The summed E-state index contributed by atoms with van der Waals surface area (Å²) < 4.78 is 29.6. The average Bonchev–Trinajstić information content (AvgIpc) is 3.13. The van der Waals surface area contributed by atoms with E-state index in [0.717, 1.165) is 28.3 Å². The van der Waals surface area contributed by atoms with E-state index >= 15 is 0 Å². The molecule has 2 atom stereocenters. The van der Waals surface area contributed by atoms with E-state index in [4.69, 9.17) is 4.74 Å². The Morgan fingerprint density at radius 3 is 2.81 bits per heavy atom. The van der Waals surface area contributed by atoms with Crippen molar-refractivity contribution in [1.82, 2.24) is 20.0 Å². The number of aliphatic hydroxyl groups is 1. The van der Waals surface area contributed by atoms with E-state index in [1.54, 1.807) is 24.5 Å². The monoisotopic (exact) mass is 446 g/mol. The number of carbonyl (C=O) groups is 1. The van der Waals surface area contributed by atoms with Gasteiger partial charge in [-0.3, -0.25) is 14.5 Å². The number of aromatic nitrogens is 2. The summed E-state index contributed by atoms with van der Waals surface area (Å²) in [5.41, 5.74) is 2.54. The molecule has 166 valence electrons. The number of fused-ring (bicyclic) bond motifs is 1. The highest BCUT2D eigenvalue weighted by Gasteiger charge is 2.15. The minimum absolute atomic E-state index is 0.0930. The average molecular weight is 447 g/mol. The number of hydrogen-bond donors (Lipinski definition) is 4. The molecule has 3 rings (SSSR count). The minimum atomic E-state index is -3.62. The van der Waals surface area contributed by atoms with Crippen LogP contribution in [0.1, 0.15) is 24.2 Å². The predicted molar refractivity (Wildman–Crippen MR) is 117 cm³/mol. The van der Waals surface area contributed by atoms with Crippen LogP contribution in [0.4, 0.5) is 0 Å². The second kappa shape index (κ2) is 9.90. The summed E-state index contributed by atoms with van der Waals surface area (Å²) in [5.74, 6) is -0.281. The molecule has 1 aromatic carbocycles. The lowest BCUT2D eigenvalue weighted by molar-refractivity contribution is -0.121. The van der Waals surface area contributed by atoms with Gasteiger partial charge in [-0.25, -0.2) is 8.42 Å². The molecule has 0 radical (unpaired) electrons. The van der Waals surface area contributed by atoms with Crippen molar-refractivity contribution < 1.29 is 23.1 Å². The van der Waals surface area contributed by atoms with Gasteiger partial charge in [0.1, 0.15) is 5.75 Å². The van der Waals surface area contributed by atoms with Crippen LogP contribution >= 0.6 is 0 Å². The molecule has 4 N–H and O–H groups in total. The molecular formula is C21H26N4O5S. The maximum absolute atomic E-state index is 11.7. The summed E-state index contributed by atoms with van der Waals surface area (Å²) in [5, 5.41) is 14.6. The molecule has 0 aliphatic carbocycles. The van der Waals surface area contributed by atoms with Crippen molar-refractivity contribution in [2.75, 3.05) is 19.4 Å². The van der Waals surface area contributed by atoms with Gasteiger partial charge in [0.2, 0.25) is 10.0 Å². The lowest BCUT2D eigenvalue weighted by atomic mass is 10.1. The van der Waals surface area contributed by atoms with Crippen molar-refractivity contribution in [3.05, 3.63) is 60.0 Å². The van der Waals surface area contributed by atoms with Gasteiger partial charge in [0.25, 0.3) is 5.91 Å². The van der Waals surface area contributed by atoms with E-state index in [2.05, 4.69) is 15.3 Å². The molecule has 2 aromatic heterocycles. The largest absolute Gasteiger partial charge is 0.482 e. The van der Waals surface area contributed by atoms with E-state index in [0.29, 0.717) is 18.7 Å². The Bertz CT molecular complexity index is 1130. The van der Waals surface area contributed by atoms with Gasteiger partial charge < -0.3 is 20.1 Å². The number of rotatable bonds is 10. The van der Waals surface area contributed by atoms with Gasteiger partial charge in [0, 0.05) is 42.1 Å². The van der Waals surface area contributed by atoms with Crippen molar-refractivity contribution in [3.63, 3.8) is 0 Å². The smallest absolute Gasteiger partial charge is 0.271 e. The topological polar surface area (TPSA) is 133 Å². The number of hydrogen-bond acceptors (Lipinski definition) is 7. The third-order valence-electron chi connectivity index (χ3n) is 4.68. The zero-order valence-electron chi connectivity index (χ0n) is 17.3. The molecule has 3 aromatic rings. The van der Waals surface area contributed by atoms with E-state index < -0.39 is 28.6 Å². The van der Waals surface area contributed by atoms with Gasteiger partial charge in [0.15, 0.2) is 6.61 Å². The number of aromatic amines is 1. The third kappa shape index (κ3) is 6.51. The maximum Gasteiger partial charge on any atom is 0.271 e. The summed E-state index contributed by atoms with van der Waals surface area (Å²) in [6, 6.07) is 9.19. The highest BCUT2D eigenvalue weighted by molar-refractivity contribution is 7.89. The summed E-state index contributed by atoms with van der Waals surface area (Å²) >= 11 is 0. The van der Waals surface area contributed by atoms with Crippen LogP contribution in [0.2, 0.25) is 0 Å². The zero-order valence-corrected chi connectivity index (χ0v) is 18.1. The molecule has 0 spiro atoms. The number of benzene rings is 1. The molecule has 9 nitrogen and oxygen atoms in total. The molecule has 1 amide bonds. The first-order valence-corrected chi connectivity index (χ1v) is 11.7. The molecule has 2 heterocycles. The number of pyridine rings is 1. The Morgan fingerprint density at radius 2 is 2.10 bits per heavy atom. The second-order valence-corrected chi connectivity index (χ2v) is 9.14. The van der Waals surface area contributed by atoms with Crippen LogP contribution in [0.5, 0.6) is 5.75 Å². The Balaban J connectivity index is 1.60. The van der Waals surface area contributed by atoms with E-state index in [1.165, 1.54) is 0 Å². The van der Waals surface area contributed by atoms with Gasteiger partial charge >= 0.3 is 0 Å². The molecule has 0 saturated carbocycles. The summed E-state index contributed by atoms with van der Waals surface area (Å²) in [7, 11) is -3.62. The predicted octanol–water partition coefficient (Wildman–Crippen LogP) is 1.27. The number of sulfonamides is 1. The fourth-order valence-corrected chi connectivity index (χ4v) is 3.73. The van der Waals surface area contributed by atoms with Crippen LogP contribution in [-0.4, -0.2) is 54.8 Å². The van der Waals surface area contributed by atoms with E-state index in [9.17, 15) is 18.3 Å². The van der Waals surface area contributed by atoms with Gasteiger partial charge in [-0.15, -0.1) is 0 Å². The molecule has 0 aliphatic heterocycles. The van der Waals surface area contributed by atoms with Crippen molar-refractivity contribution >= 4 is 26.8 Å². The summed E-state index contributed by atoms with van der Waals surface area (Å²) in [6.45, 7) is 2.02. The maximum atomic E-state index is 11.7. The first-order valence-electron chi connectivity index (χ1n) is 9.76. The van der Waals surface area contributed by atoms with Gasteiger partial charge in [-0.1, -0.05) is 18.2 Å². The quantitative estimate of drug-likeness (QED) is 0.369. The van der Waals surface area contributed by atoms with Crippen molar-refractivity contribution in [1.29, 1.82) is 0 Å². The van der Waals surface area contributed by atoms with Crippen molar-refractivity contribution in [2.45, 2.75) is 25.5 Å². The van der Waals surface area contributed by atoms with Crippen LogP contribution < -0.4 is 14.8 Å². The number of carbonyl (C=O) groups excluding carboxylic acids is 1. The fourth-order valence-electron chi connectivity index (χ4n) is 3.26. The van der Waals surface area contributed by atoms with E-state index in [-0.39, 0.29) is 6.04 Å². The Hall–Kier alpha value is -2.95. The molecule has 0 saturated heterocycles. The first-order chi connectivity index (χ1) is 14.7. The Morgan fingerprint density at radius 1 is 1.29 bits per heavy atom. The molecule has 0 unspecified atom stereocenters. The van der Waals surface area contributed by atoms with E-state index in [1.807, 2.05) is 36.0 Å². The molecule has 0 bridgehead atoms. The Labute approximate surface area is 180 Å². The number of aliphatic hydroxyl groups excluding tert-OH is 1. The minimum Gasteiger partial charge on any atom is -0.482 e. The molecule has 0 aliphatic rings. The number of amides is 1. The fraction of sp³-hybridized carbons (Fsp3) is 0.333. The molecule has 31 heavy (non-hydrogen) atoms. The highest BCUT2D eigenvalue weighted by atomic mass is 32.2. The number of ether oxygens (including phenoxy) is 1. The Kier molecular flexibility index (Phi) is 7.26. The summed E-state index contributed by atoms with van der Waals surface area (Å²) in [6.07, 6.45) is 6.17. The van der Waals surface area contributed by atoms with Crippen molar-refractivity contribution in [2.24, 2.45) is 0 Å². The second-order valence-electron chi connectivity index (χ2n) is 7.39. The zero-order chi connectivity index (χ0) is 22.4. The number of nitrogens with zero attached hydrogens (tertiary/aromatic N) is 1. The highest BCUT2D eigenvalue weighted by Crippen LogP contribution is 2.28. The molecular weight excluding hydrogens is 420 g/mol. The third-order valence-corrected chi connectivity index (χ3v) is 5.27. The summed E-state index contributed by atoms with van der Waals surface area (Å²) in [4.78, 5) is 18.9. The first kappa shape index (κ1) is 22.7. The van der Waals surface area contributed by atoms with Gasteiger partial charge in [-0.2, -0.15) is 0 Å².